The lowest BCUT2D eigenvalue weighted by Crippen LogP contribution is -2.15. The van der Waals surface area contributed by atoms with Crippen molar-refractivity contribution >= 4 is 17.5 Å². The zero-order valence-corrected chi connectivity index (χ0v) is 16.4. The molecule has 3 aromatic rings. The number of Topliss-reactive ketones (excluding diaryl/α,β-unsaturated/α-hetero) is 1. The van der Waals surface area contributed by atoms with Gasteiger partial charge in [0.25, 0.3) is 0 Å². The number of ether oxygens (including phenoxy) is 1. The molecule has 0 aliphatic carbocycles. The van der Waals surface area contributed by atoms with Crippen LogP contribution in [0.5, 0.6) is 5.75 Å². The zero-order valence-electron chi connectivity index (χ0n) is 15.6. The lowest BCUT2D eigenvalue weighted by Gasteiger charge is -2.12. The highest BCUT2D eigenvalue weighted by Gasteiger charge is 2.21. The number of benzene rings is 1. The molecule has 0 saturated heterocycles. The van der Waals surface area contributed by atoms with E-state index < -0.39 is 0 Å². The summed E-state index contributed by atoms with van der Waals surface area (Å²) < 4.78 is 7.22. The predicted molar refractivity (Wildman–Crippen MR) is 106 cm³/mol. The lowest BCUT2D eigenvalue weighted by atomic mass is 10.1. The minimum Gasteiger partial charge on any atom is -0.497 e. The normalized spacial score (nSPS) is 12.0. The number of nitrogens with zero attached hydrogens (tertiary/aromatic N) is 4. The summed E-state index contributed by atoms with van der Waals surface area (Å²) >= 11 is 1.43. The van der Waals surface area contributed by atoms with Gasteiger partial charge in [-0.15, -0.1) is 10.2 Å². The second kappa shape index (κ2) is 8.81. The van der Waals surface area contributed by atoms with Crippen molar-refractivity contribution in [2.75, 3.05) is 7.11 Å². The molecule has 0 saturated carbocycles. The Bertz CT molecular complexity index is 894. The molecule has 0 unspecified atom stereocenters. The highest BCUT2D eigenvalue weighted by atomic mass is 32.2. The largest absolute Gasteiger partial charge is 0.497 e. The number of rotatable bonds is 8. The first-order valence-corrected chi connectivity index (χ1v) is 9.70. The molecule has 1 atom stereocenters. The van der Waals surface area contributed by atoms with Gasteiger partial charge in [-0.3, -0.25) is 9.78 Å². The van der Waals surface area contributed by atoms with E-state index in [0.29, 0.717) is 5.56 Å². The van der Waals surface area contributed by atoms with Crippen LogP contribution in [0.1, 0.15) is 30.6 Å². The Balaban J connectivity index is 1.81. The van der Waals surface area contributed by atoms with Crippen molar-refractivity contribution in [3.63, 3.8) is 0 Å². The topological polar surface area (TPSA) is 69.9 Å². The summed E-state index contributed by atoms with van der Waals surface area (Å²) in [6, 6.07) is 11.0. The Kier molecular flexibility index (Phi) is 6.24. The first kappa shape index (κ1) is 19.1. The van der Waals surface area contributed by atoms with Gasteiger partial charge in [0.15, 0.2) is 16.8 Å². The molecule has 0 bridgehead atoms. The third-order valence-corrected chi connectivity index (χ3v) is 5.21. The molecule has 27 heavy (non-hydrogen) atoms. The highest BCUT2D eigenvalue weighted by molar-refractivity contribution is 8.00. The molecule has 0 N–H and O–H groups in total. The van der Waals surface area contributed by atoms with Crippen LogP contribution in [0.3, 0.4) is 0 Å². The number of hydrogen-bond acceptors (Lipinski definition) is 6. The highest BCUT2D eigenvalue weighted by Crippen LogP contribution is 2.28. The van der Waals surface area contributed by atoms with Crippen LogP contribution in [0.25, 0.3) is 11.4 Å². The molecule has 2 heterocycles. The third-order valence-electron chi connectivity index (χ3n) is 4.13. The van der Waals surface area contributed by atoms with E-state index >= 15 is 0 Å². The molecular weight excluding hydrogens is 360 g/mol. The van der Waals surface area contributed by atoms with Gasteiger partial charge in [-0.25, -0.2) is 0 Å². The van der Waals surface area contributed by atoms with Crippen LogP contribution < -0.4 is 4.74 Å². The summed E-state index contributed by atoms with van der Waals surface area (Å²) in [5, 5.41) is 9.16. The maximum Gasteiger partial charge on any atom is 0.192 e. The molecule has 1 aromatic carbocycles. The molecule has 0 aliphatic heterocycles. The van der Waals surface area contributed by atoms with Crippen LogP contribution >= 0.6 is 11.8 Å². The monoisotopic (exact) mass is 382 g/mol. The van der Waals surface area contributed by atoms with Gasteiger partial charge in [-0.05, 0) is 49.7 Å². The number of ketones is 1. The van der Waals surface area contributed by atoms with Crippen molar-refractivity contribution in [3.8, 4) is 17.1 Å². The van der Waals surface area contributed by atoms with Crippen LogP contribution in [0.2, 0.25) is 0 Å². The summed E-state index contributed by atoms with van der Waals surface area (Å²) in [7, 11) is 1.61. The summed E-state index contributed by atoms with van der Waals surface area (Å²) in [4.78, 5) is 16.8. The first-order chi connectivity index (χ1) is 13.1. The van der Waals surface area contributed by atoms with E-state index in [0.717, 1.165) is 35.3 Å². The van der Waals surface area contributed by atoms with Gasteiger partial charge >= 0.3 is 0 Å². The Morgan fingerprint density at radius 3 is 2.48 bits per heavy atom. The standard InChI is InChI=1S/C20H22N4O2S/c1-4-13-24-19(16-9-11-21-12-10-16)22-23-20(24)27-14(2)18(25)15-5-7-17(26-3)8-6-15/h5-12,14H,4,13H2,1-3H3/t14-/m1/s1. The fourth-order valence-electron chi connectivity index (χ4n) is 2.72. The molecule has 7 heteroatoms. The van der Waals surface area contributed by atoms with Crippen LogP contribution in [0.15, 0.2) is 53.9 Å². The minimum atomic E-state index is -0.275. The predicted octanol–water partition coefficient (Wildman–Crippen LogP) is 4.12. The molecule has 140 valence electrons. The number of hydrogen-bond donors (Lipinski definition) is 0. The zero-order chi connectivity index (χ0) is 19.2. The maximum absolute atomic E-state index is 12.8. The Labute approximate surface area is 163 Å². The molecule has 0 fully saturated rings. The molecule has 0 spiro atoms. The van der Waals surface area contributed by atoms with Crippen LogP contribution in [0.4, 0.5) is 0 Å². The summed E-state index contributed by atoms with van der Waals surface area (Å²) in [6.45, 7) is 4.79. The number of methoxy groups -OCH3 is 1. The second-order valence-corrected chi connectivity index (χ2v) is 7.35. The van der Waals surface area contributed by atoms with Crippen LogP contribution in [-0.4, -0.2) is 37.9 Å². The SMILES string of the molecule is CCCn1c(S[C@H](C)C(=O)c2ccc(OC)cc2)nnc1-c1ccncc1. The minimum absolute atomic E-state index is 0.0548. The van der Waals surface area contributed by atoms with E-state index in [-0.39, 0.29) is 11.0 Å². The first-order valence-electron chi connectivity index (χ1n) is 8.82. The lowest BCUT2D eigenvalue weighted by molar-refractivity contribution is 0.0994. The molecular formula is C20H22N4O2S. The van der Waals surface area contributed by atoms with E-state index in [1.165, 1.54) is 11.8 Å². The van der Waals surface area contributed by atoms with Crippen molar-refractivity contribution in [3.05, 3.63) is 54.4 Å². The van der Waals surface area contributed by atoms with Crippen LogP contribution in [-0.2, 0) is 6.54 Å². The van der Waals surface area contributed by atoms with Gasteiger partial charge in [0.1, 0.15) is 5.75 Å². The van der Waals surface area contributed by atoms with Crippen molar-refractivity contribution in [1.82, 2.24) is 19.7 Å². The van der Waals surface area contributed by atoms with Gasteiger partial charge < -0.3 is 9.30 Å². The summed E-state index contributed by atoms with van der Waals surface area (Å²) in [6.07, 6.45) is 4.43. The molecule has 0 radical (unpaired) electrons. The summed E-state index contributed by atoms with van der Waals surface area (Å²) in [5.74, 6) is 1.58. The van der Waals surface area contributed by atoms with E-state index in [2.05, 4.69) is 26.7 Å². The van der Waals surface area contributed by atoms with Gasteiger partial charge in [-0.2, -0.15) is 0 Å². The average Bonchev–Trinajstić information content (AvgIpc) is 3.10. The molecule has 6 nitrogen and oxygen atoms in total. The quantitative estimate of drug-likeness (QED) is 0.431. The number of pyridine rings is 1. The Hall–Kier alpha value is -2.67. The van der Waals surface area contributed by atoms with Crippen molar-refractivity contribution < 1.29 is 9.53 Å². The van der Waals surface area contributed by atoms with Gasteiger partial charge in [0, 0.05) is 30.1 Å². The fourth-order valence-corrected chi connectivity index (χ4v) is 3.67. The van der Waals surface area contributed by atoms with E-state index in [4.69, 9.17) is 4.74 Å². The van der Waals surface area contributed by atoms with Crippen molar-refractivity contribution in [1.29, 1.82) is 0 Å². The van der Waals surface area contributed by atoms with Crippen LogP contribution in [0, 0.1) is 0 Å². The van der Waals surface area contributed by atoms with E-state index in [9.17, 15) is 4.79 Å². The van der Waals surface area contributed by atoms with Crippen molar-refractivity contribution in [2.45, 2.75) is 37.2 Å². The van der Waals surface area contributed by atoms with E-state index in [1.807, 2.05) is 19.1 Å². The van der Waals surface area contributed by atoms with Crippen molar-refractivity contribution in [2.24, 2.45) is 0 Å². The molecule has 2 aromatic heterocycles. The summed E-state index contributed by atoms with van der Waals surface area (Å²) in [5.41, 5.74) is 1.62. The number of aromatic nitrogens is 4. The number of carbonyl (C=O) groups excluding carboxylic acids is 1. The fraction of sp³-hybridized carbons (Fsp3) is 0.300. The molecule has 0 aliphatic rings. The Morgan fingerprint density at radius 2 is 1.85 bits per heavy atom. The molecule has 0 amide bonds. The number of carbonyl (C=O) groups is 1. The van der Waals surface area contributed by atoms with Gasteiger partial charge in [0.2, 0.25) is 0 Å². The number of thioether (sulfide) groups is 1. The second-order valence-electron chi connectivity index (χ2n) is 6.05. The Morgan fingerprint density at radius 1 is 1.15 bits per heavy atom. The third kappa shape index (κ3) is 4.36. The smallest absolute Gasteiger partial charge is 0.192 e. The molecule has 3 rings (SSSR count). The average molecular weight is 382 g/mol. The van der Waals surface area contributed by atoms with Gasteiger partial charge in [0.05, 0.1) is 12.4 Å². The van der Waals surface area contributed by atoms with Gasteiger partial charge in [-0.1, -0.05) is 18.7 Å². The van der Waals surface area contributed by atoms with E-state index in [1.54, 1.807) is 43.8 Å². The maximum atomic E-state index is 12.8.